The third kappa shape index (κ3) is 2.80. The number of quaternary nitrogens is 1. The average molecular weight is 308 g/mol. The van der Waals surface area contributed by atoms with Crippen LogP contribution in [0, 0.1) is 0 Å². The Morgan fingerprint density at radius 3 is 2.64 bits per heavy atom. The molecule has 2 heterocycles. The number of hydrogen-bond donors (Lipinski definition) is 3. The van der Waals surface area contributed by atoms with E-state index in [1.807, 2.05) is 12.1 Å². The molecule has 1 aromatic carbocycles. The number of aryl methyl sites for hydroxylation is 1. The number of amides is 1. The van der Waals surface area contributed by atoms with Crippen LogP contribution in [0.1, 0.15) is 12.0 Å². The fourth-order valence-corrected chi connectivity index (χ4v) is 3.13. The second-order valence-corrected chi connectivity index (χ2v) is 5.54. The molecule has 3 rings (SSSR count). The number of carbonyl (C=O) groups excluding carboxylic acids is 1. The molecule has 2 aliphatic rings. The maximum Gasteiger partial charge on any atom is 0.227 e. The van der Waals surface area contributed by atoms with Crippen molar-refractivity contribution in [2.75, 3.05) is 49.3 Å². The van der Waals surface area contributed by atoms with Crippen LogP contribution in [0.5, 0.6) is 0 Å². The number of nitrogens with zero attached hydrogens (tertiary/aromatic N) is 2. The van der Waals surface area contributed by atoms with Gasteiger partial charge < -0.3 is 19.6 Å². The summed E-state index contributed by atoms with van der Waals surface area (Å²) in [7, 11) is 0. The van der Waals surface area contributed by atoms with Gasteiger partial charge in [0.1, 0.15) is 5.69 Å². The number of ether oxygens (including phenoxy) is 1. The van der Waals surface area contributed by atoms with Crippen LogP contribution in [-0.4, -0.2) is 55.7 Å². The molecule has 120 valence electrons. The maximum absolute atomic E-state index is 12.1. The molecule has 1 amide bonds. The number of aliphatic hydroxyl groups excluding tert-OH is 1. The molecule has 2 aliphatic heterocycles. The summed E-state index contributed by atoms with van der Waals surface area (Å²) in [5.41, 5.74) is 4.67. The van der Waals surface area contributed by atoms with Crippen LogP contribution in [0.4, 0.5) is 17.1 Å². The van der Waals surface area contributed by atoms with E-state index in [0.717, 1.165) is 41.2 Å². The molecule has 7 heteroatoms. The summed E-state index contributed by atoms with van der Waals surface area (Å²) in [4.78, 5) is 15.9. The van der Waals surface area contributed by atoms with Gasteiger partial charge in [0.25, 0.3) is 0 Å². The van der Waals surface area contributed by atoms with Crippen molar-refractivity contribution in [1.82, 2.24) is 0 Å². The number of β-amino-alcohol motifs (C(OH)–C–C–N with tert-alkyl or cyclic N) is 1. The number of fused-ring (bicyclic) bond motifs is 1. The summed E-state index contributed by atoms with van der Waals surface area (Å²) >= 11 is 0. The van der Waals surface area contributed by atoms with Gasteiger partial charge in [0.05, 0.1) is 19.8 Å². The van der Waals surface area contributed by atoms with Gasteiger partial charge in [-0.15, -0.1) is 0 Å². The van der Waals surface area contributed by atoms with Crippen molar-refractivity contribution in [3.8, 4) is 0 Å². The Kier molecular flexibility index (Phi) is 4.58. The SMILES string of the molecule is O=C1CCc2cc([NH2+]O)c(N3CCOCC3)cc2N1CCO. The molecule has 22 heavy (non-hydrogen) atoms. The number of aliphatic hydroxyl groups is 1. The lowest BCUT2D eigenvalue weighted by Gasteiger charge is -2.33. The zero-order valence-corrected chi connectivity index (χ0v) is 12.5. The zero-order chi connectivity index (χ0) is 15.5. The third-order valence-corrected chi connectivity index (χ3v) is 4.24. The molecule has 1 aromatic rings. The lowest BCUT2D eigenvalue weighted by molar-refractivity contribution is -0.825. The van der Waals surface area contributed by atoms with Crippen molar-refractivity contribution in [2.45, 2.75) is 12.8 Å². The van der Waals surface area contributed by atoms with E-state index in [4.69, 9.17) is 4.74 Å². The highest BCUT2D eigenvalue weighted by Crippen LogP contribution is 2.36. The number of hydrogen-bond acceptors (Lipinski definition) is 5. The first-order valence-electron chi connectivity index (χ1n) is 7.63. The average Bonchev–Trinajstić information content (AvgIpc) is 2.57. The van der Waals surface area contributed by atoms with E-state index in [1.54, 1.807) is 4.90 Å². The fourth-order valence-electron chi connectivity index (χ4n) is 3.13. The van der Waals surface area contributed by atoms with Gasteiger partial charge in [-0.2, -0.15) is 5.48 Å². The first-order valence-corrected chi connectivity index (χ1v) is 7.63. The molecule has 0 unspecified atom stereocenters. The minimum Gasteiger partial charge on any atom is -0.395 e. The highest BCUT2D eigenvalue weighted by molar-refractivity contribution is 5.97. The number of anilines is 2. The van der Waals surface area contributed by atoms with Gasteiger partial charge >= 0.3 is 0 Å². The smallest absolute Gasteiger partial charge is 0.227 e. The van der Waals surface area contributed by atoms with Crippen LogP contribution in [0.3, 0.4) is 0 Å². The number of morpholine rings is 1. The number of benzene rings is 1. The topological polar surface area (TPSA) is 89.8 Å². The highest BCUT2D eigenvalue weighted by Gasteiger charge is 2.28. The van der Waals surface area contributed by atoms with E-state index < -0.39 is 0 Å². The summed E-state index contributed by atoms with van der Waals surface area (Å²) in [6.45, 7) is 3.06. The van der Waals surface area contributed by atoms with Gasteiger partial charge in [-0.3, -0.25) is 4.79 Å². The zero-order valence-electron chi connectivity index (χ0n) is 12.5. The van der Waals surface area contributed by atoms with Crippen LogP contribution in [-0.2, 0) is 16.0 Å². The fraction of sp³-hybridized carbons (Fsp3) is 0.533. The Labute approximate surface area is 129 Å². The van der Waals surface area contributed by atoms with Crippen molar-refractivity contribution in [2.24, 2.45) is 0 Å². The number of carbonyl (C=O) groups is 1. The van der Waals surface area contributed by atoms with Crippen LogP contribution in [0.2, 0.25) is 0 Å². The Morgan fingerprint density at radius 1 is 1.18 bits per heavy atom. The van der Waals surface area contributed by atoms with Gasteiger partial charge in [-0.05, 0) is 18.1 Å². The Bertz CT molecular complexity index is 558. The predicted octanol–water partition coefficient (Wildman–Crippen LogP) is -0.621. The molecular weight excluding hydrogens is 286 g/mol. The summed E-state index contributed by atoms with van der Waals surface area (Å²) in [5, 5.41) is 18.8. The lowest BCUT2D eigenvalue weighted by atomic mass is 9.99. The second-order valence-electron chi connectivity index (χ2n) is 5.54. The lowest BCUT2D eigenvalue weighted by Crippen LogP contribution is -2.74. The summed E-state index contributed by atoms with van der Waals surface area (Å²) in [6.07, 6.45) is 1.11. The monoisotopic (exact) mass is 308 g/mol. The van der Waals surface area contributed by atoms with Gasteiger partial charge in [-0.25, -0.2) is 5.21 Å². The van der Waals surface area contributed by atoms with Gasteiger partial charge in [-0.1, -0.05) is 0 Å². The predicted molar refractivity (Wildman–Crippen MR) is 80.6 cm³/mol. The number of nitrogens with two attached hydrogens (primary N) is 1. The Balaban J connectivity index is 2.01. The first kappa shape index (κ1) is 15.2. The summed E-state index contributed by atoms with van der Waals surface area (Å²) in [5.74, 6) is 0.0372. The summed E-state index contributed by atoms with van der Waals surface area (Å²) < 4.78 is 5.37. The van der Waals surface area contributed by atoms with Crippen molar-refractivity contribution in [3.63, 3.8) is 0 Å². The summed E-state index contributed by atoms with van der Waals surface area (Å²) in [6, 6.07) is 3.90. The van der Waals surface area contributed by atoms with Crippen molar-refractivity contribution >= 4 is 23.0 Å². The Hall–Kier alpha value is -1.67. The molecule has 0 aromatic heterocycles. The van der Waals surface area contributed by atoms with E-state index in [9.17, 15) is 15.1 Å². The molecular formula is C15H22N3O4+. The molecule has 0 saturated carbocycles. The van der Waals surface area contributed by atoms with Crippen LogP contribution in [0.15, 0.2) is 12.1 Å². The van der Waals surface area contributed by atoms with Gasteiger partial charge in [0, 0.05) is 37.8 Å². The van der Waals surface area contributed by atoms with Crippen molar-refractivity contribution < 1.29 is 25.3 Å². The minimum atomic E-state index is -0.0635. The van der Waals surface area contributed by atoms with Crippen LogP contribution in [0.25, 0.3) is 0 Å². The van der Waals surface area contributed by atoms with Crippen molar-refractivity contribution in [3.05, 3.63) is 17.7 Å². The van der Waals surface area contributed by atoms with E-state index in [1.165, 1.54) is 0 Å². The Morgan fingerprint density at radius 2 is 1.95 bits per heavy atom. The van der Waals surface area contributed by atoms with Crippen LogP contribution >= 0.6 is 0 Å². The molecule has 0 bridgehead atoms. The molecule has 0 spiro atoms. The second kappa shape index (κ2) is 6.62. The molecule has 1 saturated heterocycles. The van der Waals surface area contributed by atoms with Gasteiger partial charge in [0.2, 0.25) is 5.91 Å². The van der Waals surface area contributed by atoms with Crippen molar-refractivity contribution in [1.29, 1.82) is 0 Å². The third-order valence-electron chi connectivity index (χ3n) is 4.24. The number of rotatable bonds is 4. The molecule has 4 N–H and O–H groups in total. The molecule has 0 atom stereocenters. The quantitative estimate of drug-likeness (QED) is 0.509. The first-order chi connectivity index (χ1) is 10.7. The van der Waals surface area contributed by atoms with E-state index >= 15 is 0 Å². The maximum atomic E-state index is 12.1. The molecule has 7 nitrogen and oxygen atoms in total. The minimum absolute atomic E-state index is 0.0372. The van der Waals surface area contributed by atoms with E-state index in [2.05, 4.69) is 4.90 Å². The normalized spacial score (nSPS) is 18.5. The highest BCUT2D eigenvalue weighted by atomic mass is 16.5. The largest absolute Gasteiger partial charge is 0.395 e. The standard InChI is InChI=1S/C15H21N3O4/c19-6-3-18-13-10-14(17-4-7-22-8-5-17)12(16-21)9-11(13)1-2-15(18)20/h9-10,16,19,21H,1-8H2/p+1. The van der Waals surface area contributed by atoms with E-state index in [0.29, 0.717) is 32.6 Å². The van der Waals surface area contributed by atoms with Crippen LogP contribution < -0.4 is 15.3 Å². The molecule has 1 fully saturated rings. The molecule has 0 radical (unpaired) electrons. The van der Waals surface area contributed by atoms with Gasteiger partial charge in [0.15, 0.2) is 5.69 Å². The molecule has 0 aliphatic carbocycles. The van der Waals surface area contributed by atoms with E-state index in [-0.39, 0.29) is 12.5 Å².